The molecule has 4 heteroatoms. The molecule has 2 aromatic rings. The van der Waals surface area contributed by atoms with Crippen LogP contribution in [0, 0.1) is 6.92 Å². The van der Waals surface area contributed by atoms with Crippen LogP contribution in [0.15, 0.2) is 35.2 Å². The van der Waals surface area contributed by atoms with Crippen LogP contribution >= 0.6 is 15.9 Å². The number of halogens is 1. The van der Waals surface area contributed by atoms with E-state index in [4.69, 9.17) is 5.73 Å². The highest BCUT2D eigenvalue weighted by Crippen LogP contribution is 2.22. The lowest BCUT2D eigenvalue weighted by atomic mass is 10.1. The smallest absolute Gasteiger partial charge is 0.0994 e. The van der Waals surface area contributed by atoms with Gasteiger partial charge in [0, 0.05) is 16.2 Å². The maximum atomic E-state index is 6.07. The summed E-state index contributed by atoms with van der Waals surface area (Å²) in [5.74, 6) is 0. The van der Waals surface area contributed by atoms with E-state index in [1.54, 1.807) is 0 Å². The van der Waals surface area contributed by atoms with E-state index < -0.39 is 0 Å². The second kappa shape index (κ2) is 5.02. The van der Waals surface area contributed by atoms with Crippen LogP contribution in [-0.4, -0.2) is 9.55 Å². The number of imidazole rings is 1. The van der Waals surface area contributed by atoms with E-state index in [0.29, 0.717) is 0 Å². The van der Waals surface area contributed by atoms with Gasteiger partial charge in [0.1, 0.15) is 0 Å². The van der Waals surface area contributed by atoms with Gasteiger partial charge in [-0.05, 0) is 37.1 Å². The van der Waals surface area contributed by atoms with E-state index in [-0.39, 0.29) is 6.04 Å². The first-order chi connectivity index (χ1) is 8.13. The molecule has 1 aromatic carbocycles. The van der Waals surface area contributed by atoms with Crippen molar-refractivity contribution in [2.24, 2.45) is 5.73 Å². The van der Waals surface area contributed by atoms with Gasteiger partial charge in [0.05, 0.1) is 18.2 Å². The lowest BCUT2D eigenvalue weighted by Crippen LogP contribution is -2.13. The average molecular weight is 294 g/mol. The molecule has 2 rings (SSSR count). The summed E-state index contributed by atoms with van der Waals surface area (Å²) < 4.78 is 3.16. The lowest BCUT2D eigenvalue weighted by Gasteiger charge is -2.13. The van der Waals surface area contributed by atoms with E-state index >= 15 is 0 Å². The Balaban J connectivity index is 2.46. The lowest BCUT2D eigenvalue weighted by molar-refractivity contribution is 0.659. The molecular formula is C13H16BrN3. The second-order valence-corrected chi connectivity index (χ2v) is 4.99. The minimum Gasteiger partial charge on any atom is -0.323 e. The first kappa shape index (κ1) is 12.3. The number of rotatable bonds is 3. The quantitative estimate of drug-likeness (QED) is 0.943. The summed E-state index contributed by atoms with van der Waals surface area (Å²) in [7, 11) is 0. The Labute approximate surface area is 110 Å². The zero-order valence-electron chi connectivity index (χ0n) is 10.0. The molecule has 0 bridgehead atoms. The molecule has 0 amide bonds. The van der Waals surface area contributed by atoms with Crippen molar-refractivity contribution in [2.75, 3.05) is 0 Å². The minimum atomic E-state index is 0.0291. The number of nitrogens with zero attached hydrogens (tertiary/aromatic N) is 2. The Hall–Kier alpha value is -1.13. The molecule has 0 unspecified atom stereocenters. The molecule has 1 heterocycles. The van der Waals surface area contributed by atoms with Crippen molar-refractivity contribution in [3.05, 3.63) is 46.5 Å². The van der Waals surface area contributed by atoms with Gasteiger partial charge in [-0.25, -0.2) is 4.98 Å². The molecule has 0 fully saturated rings. The monoisotopic (exact) mass is 293 g/mol. The molecule has 90 valence electrons. The van der Waals surface area contributed by atoms with Gasteiger partial charge in [0.25, 0.3) is 0 Å². The molecule has 17 heavy (non-hydrogen) atoms. The molecular weight excluding hydrogens is 278 g/mol. The van der Waals surface area contributed by atoms with Crippen LogP contribution < -0.4 is 5.73 Å². The van der Waals surface area contributed by atoms with Gasteiger partial charge in [-0.3, -0.25) is 0 Å². The predicted octanol–water partition coefficient (Wildman–Crippen LogP) is 3.35. The van der Waals surface area contributed by atoms with Gasteiger partial charge < -0.3 is 10.3 Å². The van der Waals surface area contributed by atoms with E-state index in [0.717, 1.165) is 22.3 Å². The Morgan fingerprint density at radius 2 is 2.24 bits per heavy atom. The molecule has 0 spiro atoms. The van der Waals surface area contributed by atoms with Gasteiger partial charge >= 0.3 is 0 Å². The van der Waals surface area contributed by atoms with Crippen LogP contribution in [0.25, 0.3) is 5.69 Å². The van der Waals surface area contributed by atoms with Crippen molar-refractivity contribution in [1.29, 1.82) is 0 Å². The van der Waals surface area contributed by atoms with Crippen molar-refractivity contribution in [2.45, 2.75) is 26.3 Å². The van der Waals surface area contributed by atoms with E-state index in [1.807, 2.05) is 23.2 Å². The highest BCUT2D eigenvalue weighted by Gasteiger charge is 2.11. The second-order valence-electron chi connectivity index (χ2n) is 4.14. The van der Waals surface area contributed by atoms with Crippen LogP contribution in [0.4, 0.5) is 0 Å². The van der Waals surface area contributed by atoms with Crippen molar-refractivity contribution < 1.29 is 0 Å². The summed E-state index contributed by atoms with van der Waals surface area (Å²) in [6.45, 7) is 4.15. The molecule has 0 aliphatic rings. The van der Waals surface area contributed by atoms with Crippen LogP contribution in [0.3, 0.4) is 0 Å². The molecule has 0 saturated carbocycles. The van der Waals surface area contributed by atoms with Gasteiger partial charge in [-0.2, -0.15) is 0 Å². The molecule has 0 aliphatic heterocycles. The van der Waals surface area contributed by atoms with Crippen molar-refractivity contribution in [1.82, 2.24) is 9.55 Å². The highest BCUT2D eigenvalue weighted by atomic mass is 79.9. The summed E-state index contributed by atoms with van der Waals surface area (Å²) in [5, 5.41) is 0. The maximum absolute atomic E-state index is 6.07. The fourth-order valence-corrected chi connectivity index (χ4v) is 2.03. The molecule has 3 nitrogen and oxygen atoms in total. The zero-order chi connectivity index (χ0) is 12.4. The van der Waals surface area contributed by atoms with Crippen molar-refractivity contribution >= 4 is 15.9 Å². The molecule has 1 atom stereocenters. The normalized spacial score (nSPS) is 12.7. The molecule has 0 aliphatic carbocycles. The van der Waals surface area contributed by atoms with Gasteiger partial charge in [0.2, 0.25) is 0 Å². The first-order valence-electron chi connectivity index (χ1n) is 5.67. The van der Waals surface area contributed by atoms with Crippen molar-refractivity contribution in [3.8, 4) is 5.69 Å². The highest BCUT2D eigenvalue weighted by molar-refractivity contribution is 9.10. The Morgan fingerprint density at radius 1 is 1.47 bits per heavy atom. The zero-order valence-corrected chi connectivity index (χ0v) is 11.6. The fourth-order valence-electron chi connectivity index (χ4n) is 1.78. The number of benzene rings is 1. The number of hydrogen-bond acceptors (Lipinski definition) is 2. The SMILES string of the molecule is CC[C@@H](N)c1cncn1-c1ccc(Br)c(C)c1. The molecule has 0 saturated heterocycles. The fraction of sp³-hybridized carbons (Fsp3) is 0.308. The topological polar surface area (TPSA) is 43.8 Å². The molecule has 1 aromatic heterocycles. The number of nitrogens with two attached hydrogens (primary N) is 1. The number of aryl methyl sites for hydroxylation is 1. The minimum absolute atomic E-state index is 0.0291. The van der Waals surface area contributed by atoms with E-state index in [2.05, 4.69) is 46.9 Å². The summed E-state index contributed by atoms with van der Waals surface area (Å²) in [5.41, 5.74) is 9.43. The van der Waals surface area contributed by atoms with Crippen molar-refractivity contribution in [3.63, 3.8) is 0 Å². The third kappa shape index (κ3) is 2.42. The van der Waals surface area contributed by atoms with E-state index in [9.17, 15) is 0 Å². The van der Waals surface area contributed by atoms with Gasteiger partial charge in [0.15, 0.2) is 0 Å². The third-order valence-electron chi connectivity index (χ3n) is 2.91. The maximum Gasteiger partial charge on any atom is 0.0994 e. The summed E-state index contributed by atoms with van der Waals surface area (Å²) in [4.78, 5) is 4.19. The number of aromatic nitrogens is 2. The Kier molecular flexibility index (Phi) is 3.64. The standard InChI is InChI=1S/C13H16BrN3/c1-3-12(15)13-7-16-8-17(13)10-4-5-11(14)9(2)6-10/h4-8,12H,3,15H2,1-2H3/t12-/m1/s1. The third-order valence-corrected chi connectivity index (χ3v) is 3.80. The van der Waals surface area contributed by atoms with Crippen LogP contribution in [0.2, 0.25) is 0 Å². The molecule has 0 radical (unpaired) electrons. The molecule has 2 N–H and O–H groups in total. The van der Waals surface area contributed by atoms with Gasteiger partial charge in [-0.1, -0.05) is 22.9 Å². The predicted molar refractivity (Wildman–Crippen MR) is 73.2 cm³/mol. The Bertz CT molecular complexity index is 519. The van der Waals surface area contributed by atoms with Crippen LogP contribution in [0.1, 0.15) is 30.6 Å². The summed E-state index contributed by atoms with van der Waals surface area (Å²) in [6, 6.07) is 6.26. The van der Waals surface area contributed by atoms with E-state index in [1.165, 1.54) is 5.56 Å². The van der Waals surface area contributed by atoms with Crippen LogP contribution in [-0.2, 0) is 0 Å². The Morgan fingerprint density at radius 3 is 2.88 bits per heavy atom. The average Bonchev–Trinajstić information content (AvgIpc) is 2.80. The van der Waals surface area contributed by atoms with Crippen LogP contribution in [0.5, 0.6) is 0 Å². The summed E-state index contributed by atoms with van der Waals surface area (Å²) >= 11 is 3.50. The summed E-state index contributed by atoms with van der Waals surface area (Å²) in [6.07, 6.45) is 4.56. The first-order valence-corrected chi connectivity index (χ1v) is 6.47. The van der Waals surface area contributed by atoms with Gasteiger partial charge in [-0.15, -0.1) is 0 Å². The largest absolute Gasteiger partial charge is 0.323 e. The number of hydrogen-bond donors (Lipinski definition) is 1.